The molecule has 2 aromatic rings. The van der Waals surface area contributed by atoms with Crippen LogP contribution in [0, 0.1) is 0 Å². The summed E-state index contributed by atoms with van der Waals surface area (Å²) in [6.45, 7) is -0.902. The predicted molar refractivity (Wildman–Crippen MR) is 77.7 cm³/mol. The van der Waals surface area contributed by atoms with Gasteiger partial charge in [0.15, 0.2) is 6.61 Å². The topological polar surface area (TPSA) is 80.7 Å². The van der Waals surface area contributed by atoms with Gasteiger partial charge in [-0.1, -0.05) is 35.9 Å². The van der Waals surface area contributed by atoms with Gasteiger partial charge in [0.25, 0.3) is 10.1 Å². The highest BCUT2D eigenvalue weighted by Crippen LogP contribution is 2.23. The fourth-order valence-corrected chi connectivity index (χ4v) is 2.64. The Hall–Kier alpha value is -1.89. The Morgan fingerprint density at radius 3 is 1.95 bits per heavy atom. The normalized spacial score (nSPS) is 11.3. The molecule has 0 heterocycles. The summed E-state index contributed by atoms with van der Waals surface area (Å²) >= 11 is 5.80. The molecule has 1 N–H and O–H groups in total. The summed E-state index contributed by atoms with van der Waals surface area (Å²) in [5.41, 5.74) is 1.69. The second-order valence-corrected chi connectivity index (χ2v) is 6.19. The lowest BCUT2D eigenvalue weighted by Crippen LogP contribution is -2.13. The minimum Gasteiger partial charge on any atom is -0.479 e. The average Bonchev–Trinajstić information content (AvgIpc) is 2.46. The minimum absolute atomic E-state index is 0.0959. The van der Waals surface area contributed by atoms with Crippen molar-refractivity contribution >= 4 is 27.7 Å². The van der Waals surface area contributed by atoms with Crippen molar-refractivity contribution in [3.63, 3.8) is 0 Å². The van der Waals surface area contributed by atoms with E-state index in [4.69, 9.17) is 16.7 Å². The van der Waals surface area contributed by atoms with Gasteiger partial charge >= 0.3 is 5.97 Å². The molecule has 0 aliphatic heterocycles. The number of carboxylic acid groups (broad SMARTS) is 1. The molecule has 0 aliphatic rings. The average molecular weight is 327 g/mol. The monoisotopic (exact) mass is 326 g/mol. The first-order chi connectivity index (χ1) is 9.88. The van der Waals surface area contributed by atoms with E-state index in [0.29, 0.717) is 5.02 Å². The van der Waals surface area contributed by atoms with Gasteiger partial charge in [0.1, 0.15) is 0 Å². The lowest BCUT2D eigenvalue weighted by molar-refractivity contribution is -0.139. The molecule has 0 spiro atoms. The molecule has 0 bridgehead atoms. The van der Waals surface area contributed by atoms with Crippen LogP contribution in [0.5, 0.6) is 0 Å². The van der Waals surface area contributed by atoms with Crippen LogP contribution in [0.4, 0.5) is 0 Å². The van der Waals surface area contributed by atoms with Crippen molar-refractivity contribution in [3.05, 3.63) is 53.6 Å². The van der Waals surface area contributed by atoms with Gasteiger partial charge < -0.3 is 5.11 Å². The van der Waals surface area contributed by atoms with Gasteiger partial charge in [-0.25, -0.2) is 4.79 Å². The fourth-order valence-electron chi connectivity index (χ4n) is 1.65. The molecule has 0 radical (unpaired) electrons. The molecule has 0 saturated carbocycles. The molecule has 0 atom stereocenters. The lowest BCUT2D eigenvalue weighted by Gasteiger charge is -2.06. The Kier molecular flexibility index (Phi) is 4.62. The largest absolute Gasteiger partial charge is 0.479 e. The molecular formula is C14H11ClO5S. The molecule has 2 rings (SSSR count). The van der Waals surface area contributed by atoms with Gasteiger partial charge in [-0.15, -0.1) is 0 Å². The first kappa shape index (κ1) is 15.5. The highest BCUT2D eigenvalue weighted by Gasteiger charge is 2.16. The van der Waals surface area contributed by atoms with Gasteiger partial charge in [-0.05, 0) is 35.4 Å². The molecule has 0 aliphatic carbocycles. The zero-order valence-electron chi connectivity index (χ0n) is 10.7. The summed E-state index contributed by atoms with van der Waals surface area (Å²) < 4.78 is 27.8. The maximum atomic E-state index is 11.7. The standard InChI is InChI=1S/C14H11ClO5S/c15-12-5-1-10(2-6-12)11-3-7-13(8-4-11)21(18,19)20-9-14(16)17/h1-8H,9H2,(H,16,17). The SMILES string of the molecule is O=C(O)COS(=O)(=O)c1ccc(-c2ccc(Cl)cc2)cc1. The third-order valence-electron chi connectivity index (χ3n) is 2.66. The Balaban J connectivity index is 2.22. The van der Waals surface area contributed by atoms with Crippen LogP contribution in [0.15, 0.2) is 53.4 Å². The first-order valence-electron chi connectivity index (χ1n) is 5.86. The van der Waals surface area contributed by atoms with Crippen LogP contribution < -0.4 is 0 Å². The Bertz CT molecular complexity index is 736. The third-order valence-corrected chi connectivity index (χ3v) is 4.19. The summed E-state index contributed by atoms with van der Waals surface area (Å²) in [6, 6.07) is 13.0. The van der Waals surface area contributed by atoms with Crippen molar-refractivity contribution in [2.75, 3.05) is 6.61 Å². The van der Waals surface area contributed by atoms with Crippen molar-refractivity contribution < 1.29 is 22.5 Å². The molecule has 0 saturated heterocycles. The molecule has 5 nitrogen and oxygen atoms in total. The van der Waals surface area contributed by atoms with Crippen LogP contribution in [-0.4, -0.2) is 26.1 Å². The van der Waals surface area contributed by atoms with E-state index < -0.39 is 22.7 Å². The highest BCUT2D eigenvalue weighted by molar-refractivity contribution is 7.86. The number of rotatable bonds is 5. The number of hydrogen-bond donors (Lipinski definition) is 1. The van der Waals surface area contributed by atoms with E-state index in [-0.39, 0.29) is 4.90 Å². The van der Waals surface area contributed by atoms with E-state index in [0.717, 1.165) is 11.1 Å². The van der Waals surface area contributed by atoms with Crippen molar-refractivity contribution in [3.8, 4) is 11.1 Å². The summed E-state index contributed by atoms with van der Waals surface area (Å²) in [7, 11) is -4.06. The molecule has 0 fully saturated rings. The zero-order valence-corrected chi connectivity index (χ0v) is 12.3. The quantitative estimate of drug-likeness (QED) is 0.854. The van der Waals surface area contributed by atoms with Gasteiger partial charge in [-0.3, -0.25) is 4.18 Å². The zero-order chi connectivity index (χ0) is 15.5. The molecular weight excluding hydrogens is 316 g/mol. The Morgan fingerprint density at radius 2 is 1.48 bits per heavy atom. The van der Waals surface area contributed by atoms with E-state index in [1.807, 2.05) is 12.1 Å². The fraction of sp³-hybridized carbons (Fsp3) is 0.0714. The van der Waals surface area contributed by atoms with Crippen LogP contribution in [0.1, 0.15) is 0 Å². The van der Waals surface area contributed by atoms with Gasteiger partial charge in [0.05, 0.1) is 4.90 Å². The smallest absolute Gasteiger partial charge is 0.331 e. The molecule has 21 heavy (non-hydrogen) atoms. The van der Waals surface area contributed by atoms with Crippen LogP contribution >= 0.6 is 11.6 Å². The molecule has 110 valence electrons. The van der Waals surface area contributed by atoms with Gasteiger partial charge in [-0.2, -0.15) is 8.42 Å². The van der Waals surface area contributed by atoms with Crippen LogP contribution in [0.2, 0.25) is 5.02 Å². The molecule has 7 heteroatoms. The van der Waals surface area contributed by atoms with Crippen molar-refractivity contribution in [2.24, 2.45) is 0 Å². The van der Waals surface area contributed by atoms with Gasteiger partial charge in [0, 0.05) is 5.02 Å². The maximum absolute atomic E-state index is 11.7. The van der Waals surface area contributed by atoms with Crippen molar-refractivity contribution in [1.82, 2.24) is 0 Å². The Labute approximate surface area is 126 Å². The second-order valence-electron chi connectivity index (χ2n) is 4.14. The molecule has 2 aromatic carbocycles. The molecule has 0 aromatic heterocycles. The second kappa shape index (κ2) is 6.26. The van der Waals surface area contributed by atoms with E-state index >= 15 is 0 Å². The van der Waals surface area contributed by atoms with E-state index in [1.165, 1.54) is 12.1 Å². The number of carbonyl (C=O) groups is 1. The first-order valence-corrected chi connectivity index (χ1v) is 7.64. The van der Waals surface area contributed by atoms with Crippen LogP contribution in [0.25, 0.3) is 11.1 Å². The number of carboxylic acids is 1. The van der Waals surface area contributed by atoms with E-state index in [1.54, 1.807) is 24.3 Å². The van der Waals surface area contributed by atoms with E-state index in [2.05, 4.69) is 4.18 Å². The summed E-state index contributed by atoms with van der Waals surface area (Å²) in [6.07, 6.45) is 0. The number of aliphatic carboxylic acids is 1. The third kappa shape index (κ3) is 4.04. The summed E-state index contributed by atoms with van der Waals surface area (Å²) in [5, 5.41) is 9.05. The van der Waals surface area contributed by atoms with Crippen LogP contribution in [-0.2, 0) is 19.1 Å². The lowest BCUT2D eigenvalue weighted by atomic mass is 10.1. The number of benzene rings is 2. The Morgan fingerprint density at radius 1 is 1.00 bits per heavy atom. The number of halogens is 1. The summed E-state index contributed by atoms with van der Waals surface area (Å²) in [4.78, 5) is 10.2. The van der Waals surface area contributed by atoms with Crippen LogP contribution in [0.3, 0.4) is 0 Å². The highest BCUT2D eigenvalue weighted by atomic mass is 35.5. The summed E-state index contributed by atoms with van der Waals surface area (Å²) in [5.74, 6) is -1.35. The molecule has 0 unspecified atom stereocenters. The van der Waals surface area contributed by atoms with Crippen molar-refractivity contribution in [1.29, 1.82) is 0 Å². The minimum atomic E-state index is -4.06. The molecule has 0 amide bonds. The van der Waals surface area contributed by atoms with Crippen molar-refractivity contribution in [2.45, 2.75) is 4.90 Å². The van der Waals surface area contributed by atoms with E-state index in [9.17, 15) is 13.2 Å². The van der Waals surface area contributed by atoms with Gasteiger partial charge in [0.2, 0.25) is 0 Å². The maximum Gasteiger partial charge on any atom is 0.331 e. The number of hydrogen-bond acceptors (Lipinski definition) is 4. The predicted octanol–water partition coefficient (Wildman–Crippen LogP) is 2.80.